The lowest BCUT2D eigenvalue weighted by Crippen LogP contribution is -1.87. The van der Waals surface area contributed by atoms with E-state index in [1.165, 1.54) is 0 Å². The SMILES string of the molecule is Oc1ccc(Br)c(-c2c3nc(cc4ccc([nH]4)c(-c4cc(O)ccc4Br)c4nc(cc5ccc2[nH]5)C=C4)C=C3)c1. The molecule has 7 rings (SSSR count). The van der Waals surface area contributed by atoms with Crippen LogP contribution in [0, 0.1) is 0 Å². The van der Waals surface area contributed by atoms with Crippen molar-refractivity contribution in [1.82, 2.24) is 19.9 Å². The van der Waals surface area contributed by atoms with Gasteiger partial charge >= 0.3 is 0 Å². The minimum atomic E-state index is 0.174. The number of rotatable bonds is 2. The van der Waals surface area contributed by atoms with Crippen molar-refractivity contribution in [3.8, 4) is 33.8 Å². The number of hydrogen-bond donors (Lipinski definition) is 4. The van der Waals surface area contributed by atoms with E-state index in [1.807, 2.05) is 72.8 Å². The van der Waals surface area contributed by atoms with Crippen molar-refractivity contribution in [2.45, 2.75) is 0 Å². The number of phenolic OH excluding ortho intramolecular Hbond substituents is 2. The first-order chi connectivity index (χ1) is 19.4. The lowest BCUT2D eigenvalue weighted by atomic mass is 10.0. The average Bonchev–Trinajstić information content (AvgIpc) is 3.74. The Morgan fingerprint density at radius 3 is 1.43 bits per heavy atom. The van der Waals surface area contributed by atoms with Crippen molar-refractivity contribution in [2.75, 3.05) is 0 Å². The van der Waals surface area contributed by atoms with Gasteiger partial charge in [-0.3, -0.25) is 0 Å². The molecule has 0 radical (unpaired) electrons. The molecule has 40 heavy (non-hydrogen) atoms. The van der Waals surface area contributed by atoms with Gasteiger partial charge in [0.1, 0.15) is 11.5 Å². The van der Waals surface area contributed by atoms with E-state index in [0.717, 1.165) is 76.0 Å². The zero-order valence-electron chi connectivity index (χ0n) is 20.8. The van der Waals surface area contributed by atoms with E-state index in [-0.39, 0.29) is 11.5 Å². The van der Waals surface area contributed by atoms with Crippen molar-refractivity contribution in [3.05, 3.63) is 105 Å². The number of hydrogen-bond acceptors (Lipinski definition) is 4. The predicted molar refractivity (Wildman–Crippen MR) is 168 cm³/mol. The lowest BCUT2D eigenvalue weighted by Gasteiger charge is -2.07. The van der Waals surface area contributed by atoms with Gasteiger partial charge in [-0.15, -0.1) is 0 Å². The van der Waals surface area contributed by atoms with Crippen molar-refractivity contribution in [3.63, 3.8) is 0 Å². The fraction of sp³-hybridized carbons (Fsp3) is 0. The van der Waals surface area contributed by atoms with Gasteiger partial charge in [-0.25, -0.2) is 9.97 Å². The average molecular weight is 652 g/mol. The molecule has 0 aliphatic carbocycles. The number of nitrogens with zero attached hydrogens (tertiary/aromatic N) is 2. The van der Waals surface area contributed by atoms with Crippen LogP contribution in [-0.4, -0.2) is 30.1 Å². The molecule has 8 heteroatoms. The van der Waals surface area contributed by atoms with E-state index >= 15 is 0 Å². The monoisotopic (exact) mass is 650 g/mol. The molecule has 2 aliphatic heterocycles. The van der Waals surface area contributed by atoms with Gasteiger partial charge in [-0.05, 0) is 97.1 Å². The fourth-order valence-electron chi connectivity index (χ4n) is 5.05. The van der Waals surface area contributed by atoms with Crippen molar-refractivity contribution in [1.29, 1.82) is 0 Å². The zero-order valence-corrected chi connectivity index (χ0v) is 24.0. The summed E-state index contributed by atoms with van der Waals surface area (Å²) < 4.78 is 1.70. The summed E-state index contributed by atoms with van der Waals surface area (Å²) in [6.45, 7) is 0. The number of phenols is 2. The number of aromatic hydroxyl groups is 2. The van der Waals surface area contributed by atoms with Crippen LogP contribution >= 0.6 is 31.9 Å². The number of halogens is 2. The number of fused-ring (bicyclic) bond motifs is 8. The first kappa shape index (κ1) is 24.6. The third kappa shape index (κ3) is 4.45. The molecule has 5 aromatic rings. The number of nitrogens with one attached hydrogen (secondary N) is 2. The third-order valence-electron chi connectivity index (χ3n) is 6.84. The molecule has 3 aromatic heterocycles. The van der Waals surface area contributed by atoms with Crippen LogP contribution in [-0.2, 0) is 0 Å². The minimum absolute atomic E-state index is 0.174. The van der Waals surface area contributed by atoms with Gasteiger partial charge in [0.2, 0.25) is 0 Å². The van der Waals surface area contributed by atoms with Gasteiger partial charge in [0, 0.05) is 53.3 Å². The van der Waals surface area contributed by atoms with E-state index in [0.29, 0.717) is 0 Å². The molecule has 0 fully saturated rings. The van der Waals surface area contributed by atoms with Crippen LogP contribution < -0.4 is 0 Å². The Balaban J connectivity index is 1.59. The quantitative estimate of drug-likeness (QED) is 0.150. The van der Waals surface area contributed by atoms with Gasteiger partial charge in [0.05, 0.1) is 22.8 Å². The number of aromatic nitrogens is 4. The Hall–Kier alpha value is -4.40. The Morgan fingerprint density at radius 1 is 0.525 bits per heavy atom. The summed E-state index contributed by atoms with van der Waals surface area (Å²) in [6, 6.07) is 22.4. The normalized spacial score (nSPS) is 12.2. The lowest BCUT2D eigenvalue weighted by molar-refractivity contribution is 0.475. The summed E-state index contributed by atoms with van der Waals surface area (Å²) in [7, 11) is 0. The van der Waals surface area contributed by atoms with Gasteiger partial charge in [0.15, 0.2) is 0 Å². The number of H-pyrrole nitrogens is 2. The molecule has 2 aliphatic rings. The fourth-order valence-corrected chi connectivity index (χ4v) is 5.94. The van der Waals surface area contributed by atoms with Crippen LogP contribution in [0.5, 0.6) is 11.5 Å². The van der Waals surface area contributed by atoms with Gasteiger partial charge < -0.3 is 20.2 Å². The van der Waals surface area contributed by atoms with Crippen molar-refractivity contribution >= 4 is 78.2 Å². The van der Waals surface area contributed by atoms with E-state index in [2.05, 4.69) is 41.8 Å². The van der Waals surface area contributed by atoms with E-state index in [4.69, 9.17) is 9.97 Å². The van der Waals surface area contributed by atoms with Crippen LogP contribution in [0.15, 0.2) is 81.7 Å². The standard InChI is InChI=1S/C32H20Br2N4O2/c33-25-7-5-21(39)15-23(25)31-27-9-1-17(35-27)13-18-2-10-29(36-18)32(24-16-22(40)6-8-26(24)34)30-12-4-20(38-30)14-19-3-11-28(31)37-19/h1-16,35,38-40H. The van der Waals surface area contributed by atoms with Crippen molar-refractivity contribution < 1.29 is 10.2 Å². The van der Waals surface area contributed by atoms with Crippen LogP contribution in [0.25, 0.3) is 68.6 Å². The highest BCUT2D eigenvalue weighted by Gasteiger charge is 2.16. The highest BCUT2D eigenvalue weighted by molar-refractivity contribution is 9.11. The van der Waals surface area contributed by atoms with Gasteiger partial charge in [-0.2, -0.15) is 0 Å². The molecule has 4 N–H and O–H groups in total. The molecule has 6 nitrogen and oxygen atoms in total. The maximum absolute atomic E-state index is 10.3. The Morgan fingerprint density at radius 2 is 0.975 bits per heavy atom. The summed E-state index contributed by atoms with van der Waals surface area (Å²) in [4.78, 5) is 16.9. The first-order valence-corrected chi connectivity index (χ1v) is 14.1. The molecule has 0 amide bonds. The van der Waals surface area contributed by atoms with Gasteiger partial charge in [-0.1, -0.05) is 31.9 Å². The second kappa shape index (κ2) is 9.66. The maximum atomic E-state index is 10.3. The summed E-state index contributed by atoms with van der Waals surface area (Å²) in [6.07, 6.45) is 7.91. The molecule has 0 saturated heterocycles. The van der Waals surface area contributed by atoms with E-state index in [1.54, 1.807) is 24.3 Å². The third-order valence-corrected chi connectivity index (χ3v) is 8.22. The predicted octanol–water partition coefficient (Wildman–Crippen LogP) is 8.93. The molecule has 0 unspecified atom stereocenters. The Bertz CT molecular complexity index is 1920. The van der Waals surface area contributed by atoms with Crippen molar-refractivity contribution in [2.24, 2.45) is 0 Å². The van der Waals surface area contributed by atoms with Gasteiger partial charge in [0.25, 0.3) is 0 Å². The molecular formula is C32H20Br2N4O2. The molecule has 0 spiro atoms. The summed E-state index contributed by atoms with van der Waals surface area (Å²) in [5.41, 5.74) is 9.97. The molecule has 0 saturated carbocycles. The maximum Gasteiger partial charge on any atom is 0.116 e. The van der Waals surface area contributed by atoms with Crippen LogP contribution in [0.1, 0.15) is 22.8 Å². The van der Waals surface area contributed by atoms with E-state index < -0.39 is 0 Å². The smallest absolute Gasteiger partial charge is 0.116 e. The summed E-state index contributed by atoms with van der Waals surface area (Å²) in [5.74, 6) is 0.347. The van der Waals surface area contributed by atoms with Crippen LogP contribution in [0.3, 0.4) is 0 Å². The van der Waals surface area contributed by atoms with E-state index in [9.17, 15) is 10.2 Å². The first-order valence-electron chi connectivity index (χ1n) is 12.5. The summed E-state index contributed by atoms with van der Waals surface area (Å²) >= 11 is 7.32. The second-order valence-electron chi connectivity index (χ2n) is 9.53. The second-order valence-corrected chi connectivity index (χ2v) is 11.2. The molecule has 0 atom stereocenters. The Labute approximate surface area is 245 Å². The highest BCUT2D eigenvalue weighted by Crippen LogP contribution is 2.38. The molecule has 8 bridgehead atoms. The number of benzene rings is 2. The zero-order chi connectivity index (χ0) is 27.4. The summed E-state index contributed by atoms with van der Waals surface area (Å²) in [5, 5.41) is 20.6. The minimum Gasteiger partial charge on any atom is -0.508 e. The molecule has 194 valence electrons. The number of aromatic amines is 2. The highest BCUT2D eigenvalue weighted by atomic mass is 79.9. The molecular weight excluding hydrogens is 632 g/mol. The molecule has 5 heterocycles. The topological polar surface area (TPSA) is 97.8 Å². The largest absolute Gasteiger partial charge is 0.508 e. The van der Waals surface area contributed by atoms with Crippen LogP contribution in [0.4, 0.5) is 0 Å². The Kier molecular flexibility index (Phi) is 5.95. The van der Waals surface area contributed by atoms with Crippen LogP contribution in [0.2, 0.25) is 0 Å². The molecule has 2 aromatic carbocycles.